The summed E-state index contributed by atoms with van der Waals surface area (Å²) in [5.41, 5.74) is 6.92. The standard InChI is InChI=1S/C13H11N5O/c1-19-10-4-2-9(3-5-10)8-18-13(16)11(6-14)12(7-15)17-18/h2-5H,8,16H2,1H3. The summed E-state index contributed by atoms with van der Waals surface area (Å²) in [7, 11) is 1.60. The van der Waals surface area contributed by atoms with Crippen molar-refractivity contribution in [2.24, 2.45) is 0 Å². The SMILES string of the molecule is COc1ccc(Cn2nc(C#N)c(C#N)c2N)cc1. The number of nitrogens with zero attached hydrogens (tertiary/aromatic N) is 4. The molecule has 1 aromatic heterocycles. The Morgan fingerprint density at radius 1 is 1.26 bits per heavy atom. The molecule has 2 N–H and O–H groups in total. The number of rotatable bonds is 3. The number of ether oxygens (including phenoxy) is 1. The van der Waals surface area contributed by atoms with Gasteiger partial charge in [-0.15, -0.1) is 0 Å². The van der Waals surface area contributed by atoms with Crippen molar-refractivity contribution in [1.82, 2.24) is 9.78 Å². The largest absolute Gasteiger partial charge is 0.497 e. The predicted octanol–water partition coefficient (Wildman–Crippen LogP) is 1.27. The van der Waals surface area contributed by atoms with E-state index < -0.39 is 0 Å². The number of nitriles is 2. The lowest BCUT2D eigenvalue weighted by Crippen LogP contribution is -2.06. The molecule has 1 heterocycles. The quantitative estimate of drug-likeness (QED) is 0.887. The molecule has 0 aliphatic heterocycles. The lowest BCUT2D eigenvalue weighted by Gasteiger charge is -2.05. The van der Waals surface area contributed by atoms with Gasteiger partial charge in [-0.1, -0.05) is 12.1 Å². The van der Waals surface area contributed by atoms with Crippen molar-refractivity contribution < 1.29 is 4.74 Å². The van der Waals surface area contributed by atoms with Gasteiger partial charge in [0.2, 0.25) is 0 Å². The molecule has 0 radical (unpaired) electrons. The van der Waals surface area contributed by atoms with Gasteiger partial charge >= 0.3 is 0 Å². The van der Waals surface area contributed by atoms with E-state index in [-0.39, 0.29) is 17.1 Å². The zero-order chi connectivity index (χ0) is 13.8. The fraction of sp³-hybridized carbons (Fsp3) is 0.154. The van der Waals surface area contributed by atoms with Crippen molar-refractivity contribution in [3.63, 3.8) is 0 Å². The number of aromatic nitrogens is 2. The Bertz CT molecular complexity index is 673. The number of nitrogens with two attached hydrogens (primary N) is 1. The minimum atomic E-state index is 0.0495. The average molecular weight is 253 g/mol. The van der Waals surface area contributed by atoms with E-state index in [1.807, 2.05) is 36.4 Å². The van der Waals surface area contributed by atoms with E-state index in [1.165, 1.54) is 4.68 Å². The maximum absolute atomic E-state index is 8.93. The van der Waals surface area contributed by atoms with Gasteiger partial charge in [0.1, 0.15) is 29.3 Å². The van der Waals surface area contributed by atoms with E-state index in [0.29, 0.717) is 6.54 Å². The second kappa shape index (κ2) is 5.11. The Hall–Kier alpha value is -2.99. The molecular weight excluding hydrogens is 242 g/mol. The van der Waals surface area contributed by atoms with E-state index in [4.69, 9.17) is 21.0 Å². The lowest BCUT2D eigenvalue weighted by atomic mass is 10.2. The first-order valence-corrected chi connectivity index (χ1v) is 5.49. The molecule has 0 amide bonds. The van der Waals surface area contributed by atoms with Crippen LogP contribution in [0.15, 0.2) is 24.3 Å². The first-order chi connectivity index (χ1) is 9.19. The van der Waals surface area contributed by atoms with Crippen LogP contribution in [-0.2, 0) is 6.54 Å². The van der Waals surface area contributed by atoms with Crippen LogP contribution in [0.2, 0.25) is 0 Å². The molecule has 19 heavy (non-hydrogen) atoms. The van der Waals surface area contributed by atoms with Crippen LogP contribution in [0.25, 0.3) is 0 Å². The smallest absolute Gasteiger partial charge is 0.182 e. The van der Waals surface area contributed by atoms with Crippen molar-refractivity contribution in [3.8, 4) is 17.9 Å². The van der Waals surface area contributed by atoms with Crippen LogP contribution >= 0.6 is 0 Å². The summed E-state index contributed by atoms with van der Waals surface area (Å²) in [5, 5.41) is 21.8. The molecule has 0 atom stereocenters. The van der Waals surface area contributed by atoms with Gasteiger partial charge in [0.05, 0.1) is 13.7 Å². The summed E-state index contributed by atoms with van der Waals surface area (Å²) < 4.78 is 6.51. The van der Waals surface area contributed by atoms with Gasteiger partial charge in [0.25, 0.3) is 0 Å². The first-order valence-electron chi connectivity index (χ1n) is 5.49. The van der Waals surface area contributed by atoms with Gasteiger partial charge in [-0.2, -0.15) is 15.6 Å². The van der Waals surface area contributed by atoms with E-state index in [2.05, 4.69) is 5.10 Å². The molecule has 0 bridgehead atoms. The molecule has 0 aliphatic rings. The van der Waals surface area contributed by atoms with Gasteiger partial charge in [-0.05, 0) is 17.7 Å². The van der Waals surface area contributed by atoms with Gasteiger partial charge in [-0.3, -0.25) is 0 Å². The lowest BCUT2D eigenvalue weighted by molar-refractivity contribution is 0.414. The highest BCUT2D eigenvalue weighted by molar-refractivity contribution is 5.56. The summed E-state index contributed by atoms with van der Waals surface area (Å²) >= 11 is 0. The van der Waals surface area contributed by atoms with Crippen molar-refractivity contribution in [2.75, 3.05) is 12.8 Å². The number of benzene rings is 1. The third-order valence-electron chi connectivity index (χ3n) is 2.70. The second-order valence-corrected chi connectivity index (χ2v) is 3.84. The highest BCUT2D eigenvalue weighted by Crippen LogP contribution is 2.18. The fourth-order valence-electron chi connectivity index (χ4n) is 1.69. The molecule has 1 aromatic carbocycles. The van der Waals surface area contributed by atoms with Crippen molar-refractivity contribution in [2.45, 2.75) is 6.54 Å². The van der Waals surface area contributed by atoms with Crippen LogP contribution in [0.5, 0.6) is 5.75 Å². The Balaban J connectivity index is 2.31. The topological polar surface area (TPSA) is 101 Å². The Labute approximate surface area is 110 Å². The minimum absolute atomic E-state index is 0.0495. The predicted molar refractivity (Wildman–Crippen MR) is 68.2 cm³/mol. The molecule has 94 valence electrons. The molecule has 0 saturated heterocycles. The van der Waals surface area contributed by atoms with Crippen LogP contribution in [0.3, 0.4) is 0 Å². The number of anilines is 1. The molecule has 0 unspecified atom stereocenters. The molecule has 0 saturated carbocycles. The summed E-state index contributed by atoms with van der Waals surface area (Å²) in [6, 6.07) is 11.1. The third kappa shape index (κ3) is 2.33. The number of nitrogen functional groups attached to an aromatic ring is 1. The van der Waals surface area contributed by atoms with E-state index in [0.717, 1.165) is 11.3 Å². The summed E-state index contributed by atoms with van der Waals surface area (Å²) in [6.07, 6.45) is 0. The minimum Gasteiger partial charge on any atom is -0.497 e. The monoisotopic (exact) mass is 253 g/mol. The van der Waals surface area contributed by atoms with Crippen LogP contribution in [0.4, 0.5) is 5.82 Å². The van der Waals surface area contributed by atoms with Crippen molar-refractivity contribution in [1.29, 1.82) is 10.5 Å². The van der Waals surface area contributed by atoms with E-state index in [1.54, 1.807) is 7.11 Å². The molecule has 6 nitrogen and oxygen atoms in total. The van der Waals surface area contributed by atoms with E-state index >= 15 is 0 Å². The van der Waals surface area contributed by atoms with E-state index in [9.17, 15) is 0 Å². The molecular formula is C13H11N5O. The van der Waals surface area contributed by atoms with Gasteiger partial charge < -0.3 is 10.5 Å². The van der Waals surface area contributed by atoms with Crippen LogP contribution in [0.1, 0.15) is 16.8 Å². The average Bonchev–Trinajstić information content (AvgIpc) is 2.75. The highest BCUT2D eigenvalue weighted by atomic mass is 16.5. The maximum atomic E-state index is 8.93. The Morgan fingerprint density at radius 3 is 2.42 bits per heavy atom. The number of hydrogen-bond acceptors (Lipinski definition) is 5. The summed E-state index contributed by atoms with van der Waals surface area (Å²) in [4.78, 5) is 0. The highest BCUT2D eigenvalue weighted by Gasteiger charge is 2.14. The van der Waals surface area contributed by atoms with Crippen LogP contribution in [-0.4, -0.2) is 16.9 Å². The first kappa shape index (κ1) is 12.5. The molecule has 0 aliphatic carbocycles. The Morgan fingerprint density at radius 2 is 1.95 bits per heavy atom. The van der Waals surface area contributed by atoms with Gasteiger partial charge in [0.15, 0.2) is 5.69 Å². The molecule has 2 aromatic rings. The van der Waals surface area contributed by atoms with Crippen molar-refractivity contribution in [3.05, 3.63) is 41.1 Å². The van der Waals surface area contributed by atoms with Crippen LogP contribution in [0, 0.1) is 22.7 Å². The van der Waals surface area contributed by atoms with Crippen molar-refractivity contribution >= 4 is 5.82 Å². The third-order valence-corrected chi connectivity index (χ3v) is 2.70. The fourth-order valence-corrected chi connectivity index (χ4v) is 1.69. The number of hydrogen-bond donors (Lipinski definition) is 1. The normalized spacial score (nSPS) is 9.63. The van der Waals surface area contributed by atoms with Gasteiger partial charge in [0, 0.05) is 0 Å². The Kier molecular flexibility index (Phi) is 3.35. The molecule has 6 heteroatoms. The zero-order valence-corrected chi connectivity index (χ0v) is 10.3. The second-order valence-electron chi connectivity index (χ2n) is 3.84. The zero-order valence-electron chi connectivity index (χ0n) is 10.3. The summed E-state index contributed by atoms with van der Waals surface area (Å²) in [5.74, 6) is 0.961. The number of methoxy groups -OCH3 is 1. The molecule has 0 fully saturated rings. The summed E-state index contributed by atoms with van der Waals surface area (Å²) in [6.45, 7) is 0.395. The van der Waals surface area contributed by atoms with Gasteiger partial charge in [-0.25, -0.2) is 4.68 Å². The molecule has 2 rings (SSSR count). The molecule has 0 spiro atoms. The maximum Gasteiger partial charge on any atom is 0.182 e. The van der Waals surface area contributed by atoms with Crippen LogP contribution < -0.4 is 10.5 Å².